The summed E-state index contributed by atoms with van der Waals surface area (Å²) >= 11 is 0. The molecule has 0 atom stereocenters. The molecule has 0 saturated heterocycles. The van der Waals surface area contributed by atoms with Crippen LogP contribution in [0.4, 0.5) is 14.9 Å². The fraction of sp³-hybridized carbons (Fsp3) is 0.462. The van der Waals surface area contributed by atoms with Crippen molar-refractivity contribution >= 4 is 11.7 Å². The third-order valence-corrected chi connectivity index (χ3v) is 3.02. The van der Waals surface area contributed by atoms with Crippen molar-refractivity contribution in [3.8, 4) is 0 Å². The number of benzene rings is 1. The van der Waals surface area contributed by atoms with E-state index in [2.05, 4.69) is 10.6 Å². The van der Waals surface area contributed by atoms with Crippen LogP contribution in [-0.2, 0) is 0 Å². The second-order valence-electron chi connectivity index (χ2n) is 4.22. The van der Waals surface area contributed by atoms with Crippen molar-refractivity contribution in [1.29, 1.82) is 0 Å². The van der Waals surface area contributed by atoms with Crippen LogP contribution in [0.25, 0.3) is 0 Å². The smallest absolute Gasteiger partial charge is 0.319 e. The zero-order valence-electron chi connectivity index (χ0n) is 10.7. The number of urea groups is 1. The minimum Gasteiger partial charge on any atom is -0.388 e. The number of aliphatic hydroxyl groups is 1. The molecule has 0 radical (unpaired) electrons. The predicted octanol–water partition coefficient (Wildman–Crippen LogP) is 2.50. The number of hydrogen-bond donors (Lipinski definition) is 3. The number of anilines is 1. The van der Waals surface area contributed by atoms with E-state index in [1.54, 1.807) is 12.1 Å². The first-order valence-electron chi connectivity index (χ1n) is 6.02. The van der Waals surface area contributed by atoms with Crippen LogP contribution in [0.2, 0.25) is 0 Å². The molecule has 0 aromatic heterocycles. The lowest BCUT2D eigenvalue weighted by Crippen LogP contribution is -2.43. The summed E-state index contributed by atoms with van der Waals surface area (Å²) in [4.78, 5) is 11.5. The van der Waals surface area contributed by atoms with Crippen LogP contribution in [0.5, 0.6) is 0 Å². The summed E-state index contributed by atoms with van der Waals surface area (Å²) in [6.45, 7) is 3.83. The van der Waals surface area contributed by atoms with Crippen molar-refractivity contribution in [3.05, 3.63) is 30.1 Å². The molecule has 100 valence electrons. The number of nitrogens with one attached hydrogen (secondary N) is 2. The number of rotatable bonds is 5. The summed E-state index contributed by atoms with van der Waals surface area (Å²) in [7, 11) is 0. The Labute approximate surface area is 106 Å². The summed E-state index contributed by atoms with van der Waals surface area (Å²) in [6.07, 6.45) is 1.09. The van der Waals surface area contributed by atoms with Crippen molar-refractivity contribution in [2.75, 3.05) is 11.9 Å². The molecule has 0 bridgehead atoms. The lowest BCUT2D eigenvalue weighted by molar-refractivity contribution is 0.0354. The Bertz CT molecular complexity index is 406. The van der Waals surface area contributed by atoms with Crippen LogP contribution in [0.3, 0.4) is 0 Å². The normalized spacial score (nSPS) is 11.1. The van der Waals surface area contributed by atoms with Crippen LogP contribution in [0.15, 0.2) is 24.3 Å². The van der Waals surface area contributed by atoms with E-state index in [1.165, 1.54) is 12.1 Å². The highest BCUT2D eigenvalue weighted by Crippen LogP contribution is 2.14. The van der Waals surface area contributed by atoms with Gasteiger partial charge in [0.05, 0.1) is 11.3 Å². The molecule has 0 fully saturated rings. The molecule has 18 heavy (non-hydrogen) atoms. The molecule has 2 amide bonds. The van der Waals surface area contributed by atoms with Gasteiger partial charge >= 0.3 is 6.03 Å². The summed E-state index contributed by atoms with van der Waals surface area (Å²) in [5, 5.41) is 14.9. The van der Waals surface area contributed by atoms with Gasteiger partial charge in [-0.05, 0) is 25.0 Å². The minimum absolute atomic E-state index is 0.117. The van der Waals surface area contributed by atoms with E-state index in [-0.39, 0.29) is 12.2 Å². The van der Waals surface area contributed by atoms with E-state index in [4.69, 9.17) is 0 Å². The second-order valence-corrected chi connectivity index (χ2v) is 4.22. The number of amides is 2. The molecule has 1 aromatic carbocycles. The van der Waals surface area contributed by atoms with Gasteiger partial charge in [0.1, 0.15) is 5.82 Å². The van der Waals surface area contributed by atoms with Gasteiger partial charge in [-0.3, -0.25) is 0 Å². The van der Waals surface area contributed by atoms with Crippen molar-refractivity contribution in [2.24, 2.45) is 0 Å². The lowest BCUT2D eigenvalue weighted by Gasteiger charge is -2.25. The minimum atomic E-state index is -0.910. The van der Waals surface area contributed by atoms with E-state index in [1.807, 2.05) is 13.8 Å². The average molecular weight is 254 g/mol. The van der Waals surface area contributed by atoms with Gasteiger partial charge < -0.3 is 15.7 Å². The van der Waals surface area contributed by atoms with Gasteiger partial charge in [-0.1, -0.05) is 26.0 Å². The van der Waals surface area contributed by atoms with Crippen molar-refractivity contribution < 1.29 is 14.3 Å². The van der Waals surface area contributed by atoms with E-state index < -0.39 is 17.4 Å². The van der Waals surface area contributed by atoms with E-state index in [0.29, 0.717) is 12.8 Å². The van der Waals surface area contributed by atoms with Gasteiger partial charge in [0, 0.05) is 6.54 Å². The Hall–Kier alpha value is -1.62. The molecule has 0 spiro atoms. The maximum atomic E-state index is 13.3. The highest BCUT2D eigenvalue weighted by atomic mass is 19.1. The molecule has 0 saturated carbocycles. The van der Waals surface area contributed by atoms with Crippen molar-refractivity contribution in [3.63, 3.8) is 0 Å². The van der Waals surface area contributed by atoms with Crippen LogP contribution in [0.1, 0.15) is 26.7 Å². The van der Waals surface area contributed by atoms with Crippen molar-refractivity contribution in [1.82, 2.24) is 5.32 Å². The molecule has 0 unspecified atom stereocenters. The molecule has 1 aromatic rings. The average Bonchev–Trinajstić information content (AvgIpc) is 2.39. The van der Waals surface area contributed by atoms with Gasteiger partial charge in [0.15, 0.2) is 0 Å². The fourth-order valence-electron chi connectivity index (χ4n) is 1.47. The van der Waals surface area contributed by atoms with E-state index >= 15 is 0 Å². The summed E-state index contributed by atoms with van der Waals surface area (Å²) in [5.41, 5.74) is -0.793. The van der Waals surface area contributed by atoms with Crippen LogP contribution >= 0.6 is 0 Å². The van der Waals surface area contributed by atoms with E-state index in [9.17, 15) is 14.3 Å². The Balaban J connectivity index is 2.50. The maximum absolute atomic E-state index is 13.3. The van der Waals surface area contributed by atoms with Gasteiger partial charge in [-0.2, -0.15) is 0 Å². The fourth-order valence-corrected chi connectivity index (χ4v) is 1.47. The van der Waals surface area contributed by atoms with Crippen LogP contribution in [-0.4, -0.2) is 23.3 Å². The first-order chi connectivity index (χ1) is 8.50. The molecule has 3 N–H and O–H groups in total. The molecule has 5 heteroatoms. The first-order valence-corrected chi connectivity index (χ1v) is 6.02. The number of para-hydroxylation sites is 1. The third kappa shape index (κ3) is 4.00. The summed E-state index contributed by atoms with van der Waals surface area (Å²) in [5.74, 6) is -0.492. The first kappa shape index (κ1) is 14.4. The SMILES string of the molecule is CCC(O)(CC)CNC(=O)Nc1ccccc1F. The van der Waals surface area contributed by atoms with Gasteiger partial charge in [0.25, 0.3) is 0 Å². The molecular weight excluding hydrogens is 235 g/mol. The number of carbonyl (C=O) groups excluding carboxylic acids is 1. The molecular formula is C13H19FN2O2. The zero-order valence-corrected chi connectivity index (χ0v) is 10.7. The molecule has 1 rings (SSSR count). The Morgan fingerprint density at radius 2 is 1.94 bits per heavy atom. The Kier molecular flexibility index (Phi) is 5.09. The zero-order chi connectivity index (χ0) is 13.6. The quantitative estimate of drug-likeness (QED) is 0.756. The van der Waals surface area contributed by atoms with Crippen molar-refractivity contribution in [2.45, 2.75) is 32.3 Å². The molecule has 0 aliphatic carbocycles. The number of halogens is 1. The predicted molar refractivity (Wildman–Crippen MR) is 69.0 cm³/mol. The van der Waals surface area contributed by atoms with E-state index in [0.717, 1.165) is 0 Å². The largest absolute Gasteiger partial charge is 0.388 e. The van der Waals surface area contributed by atoms with Crippen LogP contribution < -0.4 is 10.6 Å². The summed E-state index contributed by atoms with van der Waals surface area (Å²) < 4.78 is 13.3. The topological polar surface area (TPSA) is 61.4 Å². The number of carbonyl (C=O) groups is 1. The van der Waals surface area contributed by atoms with Gasteiger partial charge in [-0.15, -0.1) is 0 Å². The lowest BCUT2D eigenvalue weighted by atomic mass is 9.98. The molecule has 0 heterocycles. The summed E-state index contributed by atoms with van der Waals surface area (Å²) in [6, 6.07) is 5.39. The highest BCUT2D eigenvalue weighted by molar-refractivity contribution is 5.89. The molecule has 0 aliphatic heterocycles. The Morgan fingerprint density at radius 3 is 2.50 bits per heavy atom. The standard InChI is InChI=1S/C13H19FN2O2/c1-3-13(18,4-2)9-15-12(17)16-11-8-6-5-7-10(11)14/h5-8,18H,3-4,9H2,1-2H3,(H2,15,16,17). The maximum Gasteiger partial charge on any atom is 0.319 e. The third-order valence-electron chi connectivity index (χ3n) is 3.02. The monoisotopic (exact) mass is 254 g/mol. The molecule has 4 nitrogen and oxygen atoms in total. The second kappa shape index (κ2) is 6.35. The Morgan fingerprint density at radius 1 is 1.33 bits per heavy atom. The molecule has 0 aliphatic rings. The van der Waals surface area contributed by atoms with Crippen LogP contribution in [0, 0.1) is 5.82 Å². The van der Waals surface area contributed by atoms with Gasteiger partial charge in [0.2, 0.25) is 0 Å². The highest BCUT2D eigenvalue weighted by Gasteiger charge is 2.22. The number of hydrogen-bond acceptors (Lipinski definition) is 2. The van der Waals surface area contributed by atoms with Gasteiger partial charge in [-0.25, -0.2) is 9.18 Å².